The standard InChI is InChI=1S/3C4H6O2.C4H10S/c3*1-3(2)4(5)6;1-2-3-4-5/h3*1H2,2H3,(H,5,6);5H,2-4H2,1H3. The first-order valence-electron chi connectivity index (χ1n) is 6.62. The molecule has 0 saturated carbocycles. The zero-order valence-corrected chi connectivity index (χ0v) is 15.2. The minimum atomic E-state index is -0.935. The van der Waals surface area contributed by atoms with Crippen molar-refractivity contribution >= 4 is 30.5 Å². The van der Waals surface area contributed by atoms with Crippen molar-refractivity contribution in [3.8, 4) is 0 Å². The molecule has 0 aliphatic heterocycles. The van der Waals surface area contributed by atoms with Gasteiger partial charge in [-0.15, -0.1) is 0 Å². The van der Waals surface area contributed by atoms with Crippen molar-refractivity contribution in [1.29, 1.82) is 0 Å². The van der Waals surface area contributed by atoms with E-state index in [-0.39, 0.29) is 16.7 Å². The smallest absolute Gasteiger partial charge is 0.330 e. The first-order chi connectivity index (χ1) is 10.3. The van der Waals surface area contributed by atoms with Crippen LogP contribution in [0.4, 0.5) is 0 Å². The minimum absolute atomic E-state index is 0.176. The van der Waals surface area contributed by atoms with Crippen molar-refractivity contribution in [3.05, 3.63) is 36.5 Å². The van der Waals surface area contributed by atoms with E-state index in [9.17, 15) is 14.4 Å². The third-order valence-electron chi connectivity index (χ3n) is 1.61. The molecule has 0 atom stereocenters. The average Bonchev–Trinajstić information content (AvgIpc) is 2.41. The summed E-state index contributed by atoms with van der Waals surface area (Å²) in [4.78, 5) is 28.8. The van der Waals surface area contributed by atoms with Gasteiger partial charge in [-0.2, -0.15) is 12.6 Å². The summed E-state index contributed by atoms with van der Waals surface area (Å²) in [6.07, 6.45) is 2.52. The number of rotatable bonds is 5. The fraction of sp³-hybridized carbons (Fsp3) is 0.438. The molecular weight excluding hydrogens is 320 g/mol. The van der Waals surface area contributed by atoms with Crippen molar-refractivity contribution in [1.82, 2.24) is 0 Å². The van der Waals surface area contributed by atoms with Crippen LogP contribution in [0.5, 0.6) is 0 Å². The summed E-state index contributed by atoms with van der Waals surface area (Å²) in [6, 6.07) is 0. The summed E-state index contributed by atoms with van der Waals surface area (Å²) in [5.41, 5.74) is 0.528. The van der Waals surface area contributed by atoms with Crippen molar-refractivity contribution in [2.45, 2.75) is 40.5 Å². The molecule has 0 aliphatic rings. The van der Waals surface area contributed by atoms with Gasteiger partial charge in [0.15, 0.2) is 0 Å². The van der Waals surface area contributed by atoms with Crippen LogP contribution >= 0.6 is 12.6 Å². The van der Waals surface area contributed by atoms with Gasteiger partial charge in [-0.05, 0) is 32.9 Å². The largest absolute Gasteiger partial charge is 0.478 e. The van der Waals surface area contributed by atoms with Crippen molar-refractivity contribution in [3.63, 3.8) is 0 Å². The summed E-state index contributed by atoms with van der Waals surface area (Å²) in [6.45, 7) is 16.0. The lowest BCUT2D eigenvalue weighted by atomic mass is 10.4. The molecule has 0 aliphatic carbocycles. The predicted molar refractivity (Wildman–Crippen MR) is 96.1 cm³/mol. The second kappa shape index (κ2) is 20.0. The van der Waals surface area contributed by atoms with Crippen molar-refractivity contribution < 1.29 is 29.7 Å². The number of carboxylic acids is 3. The summed E-state index contributed by atoms with van der Waals surface area (Å²) in [5, 5.41) is 23.7. The number of unbranched alkanes of at least 4 members (excludes halogenated alkanes) is 1. The maximum Gasteiger partial charge on any atom is 0.330 e. The van der Waals surface area contributed by atoms with Crippen LogP contribution in [0.1, 0.15) is 40.5 Å². The second-order valence-electron chi connectivity index (χ2n) is 4.33. The summed E-state index contributed by atoms with van der Waals surface area (Å²) in [5.74, 6) is -1.77. The molecular formula is C16H28O6S. The van der Waals surface area contributed by atoms with Gasteiger partial charge in [0, 0.05) is 16.7 Å². The van der Waals surface area contributed by atoms with Crippen LogP contribution in [0.15, 0.2) is 36.5 Å². The Hall–Kier alpha value is -2.02. The van der Waals surface area contributed by atoms with E-state index >= 15 is 0 Å². The Morgan fingerprint density at radius 2 is 0.957 bits per heavy atom. The number of thiol groups is 1. The van der Waals surface area contributed by atoms with Gasteiger partial charge >= 0.3 is 17.9 Å². The lowest BCUT2D eigenvalue weighted by Gasteiger charge is -1.79. The molecule has 3 N–H and O–H groups in total. The molecule has 0 amide bonds. The quantitative estimate of drug-likeness (QED) is 0.445. The van der Waals surface area contributed by atoms with Crippen LogP contribution in [0, 0.1) is 0 Å². The zero-order chi connectivity index (χ0) is 19.6. The Morgan fingerprint density at radius 3 is 0.957 bits per heavy atom. The maximum atomic E-state index is 9.60. The Kier molecular flexibility index (Phi) is 25.2. The van der Waals surface area contributed by atoms with Gasteiger partial charge in [0.05, 0.1) is 0 Å². The molecule has 0 aromatic rings. The third kappa shape index (κ3) is 45.0. The molecule has 0 saturated heterocycles. The molecule has 0 unspecified atom stereocenters. The summed E-state index contributed by atoms with van der Waals surface area (Å²) in [7, 11) is 0. The monoisotopic (exact) mass is 348 g/mol. The van der Waals surface area contributed by atoms with Gasteiger partial charge < -0.3 is 15.3 Å². The number of hydrogen-bond acceptors (Lipinski definition) is 4. The van der Waals surface area contributed by atoms with E-state index in [0.717, 1.165) is 5.75 Å². The van der Waals surface area contributed by atoms with Crippen molar-refractivity contribution in [2.75, 3.05) is 5.75 Å². The molecule has 6 nitrogen and oxygen atoms in total. The van der Waals surface area contributed by atoms with E-state index in [1.54, 1.807) is 0 Å². The van der Waals surface area contributed by atoms with Gasteiger partial charge in [-0.25, -0.2) is 14.4 Å². The van der Waals surface area contributed by atoms with Crippen LogP contribution in [-0.2, 0) is 14.4 Å². The molecule has 0 aromatic carbocycles. The van der Waals surface area contributed by atoms with E-state index < -0.39 is 17.9 Å². The molecule has 0 bridgehead atoms. The molecule has 134 valence electrons. The van der Waals surface area contributed by atoms with Crippen LogP contribution in [0.25, 0.3) is 0 Å². The van der Waals surface area contributed by atoms with E-state index in [2.05, 4.69) is 39.3 Å². The van der Waals surface area contributed by atoms with Crippen LogP contribution in [-0.4, -0.2) is 39.0 Å². The van der Waals surface area contributed by atoms with Gasteiger partial charge in [-0.3, -0.25) is 0 Å². The van der Waals surface area contributed by atoms with Crippen LogP contribution in [0.2, 0.25) is 0 Å². The molecule has 0 spiro atoms. The fourth-order valence-electron chi connectivity index (χ4n) is 0.158. The highest BCUT2D eigenvalue weighted by Gasteiger charge is 1.91. The molecule has 0 heterocycles. The molecule has 0 aromatic heterocycles. The molecule has 23 heavy (non-hydrogen) atoms. The van der Waals surface area contributed by atoms with E-state index in [0.29, 0.717) is 0 Å². The Labute approximate surface area is 143 Å². The van der Waals surface area contributed by atoms with E-state index in [1.165, 1.54) is 33.6 Å². The highest BCUT2D eigenvalue weighted by atomic mass is 32.1. The molecule has 7 heteroatoms. The molecule has 0 fully saturated rings. The third-order valence-corrected chi connectivity index (χ3v) is 1.92. The van der Waals surface area contributed by atoms with Crippen molar-refractivity contribution in [2.24, 2.45) is 0 Å². The maximum absolute atomic E-state index is 9.60. The Bertz CT molecular complexity index is 318. The lowest BCUT2D eigenvalue weighted by molar-refractivity contribution is -0.133. The lowest BCUT2D eigenvalue weighted by Crippen LogP contribution is -1.92. The number of aliphatic carboxylic acids is 3. The highest BCUT2D eigenvalue weighted by Crippen LogP contribution is 1.86. The fourth-order valence-corrected chi connectivity index (χ4v) is 0.474. The van der Waals surface area contributed by atoms with Crippen LogP contribution in [0.3, 0.4) is 0 Å². The van der Waals surface area contributed by atoms with Gasteiger partial charge in [0.1, 0.15) is 0 Å². The Balaban J connectivity index is -0.000000105. The van der Waals surface area contributed by atoms with E-state index in [1.807, 2.05) is 0 Å². The normalized spacial score (nSPS) is 7.70. The van der Waals surface area contributed by atoms with Crippen LogP contribution < -0.4 is 0 Å². The zero-order valence-electron chi connectivity index (χ0n) is 14.3. The highest BCUT2D eigenvalue weighted by molar-refractivity contribution is 7.80. The minimum Gasteiger partial charge on any atom is -0.478 e. The van der Waals surface area contributed by atoms with E-state index in [4.69, 9.17) is 15.3 Å². The average molecular weight is 348 g/mol. The summed E-state index contributed by atoms with van der Waals surface area (Å²) < 4.78 is 0. The first-order valence-corrected chi connectivity index (χ1v) is 7.25. The second-order valence-corrected chi connectivity index (χ2v) is 4.78. The van der Waals surface area contributed by atoms with Gasteiger partial charge in [0.25, 0.3) is 0 Å². The van der Waals surface area contributed by atoms with Gasteiger partial charge in [0.2, 0.25) is 0 Å². The predicted octanol–water partition coefficient (Wildman–Crippen LogP) is 3.66. The Morgan fingerprint density at radius 1 is 0.783 bits per heavy atom. The topological polar surface area (TPSA) is 112 Å². The molecule has 0 radical (unpaired) electrons. The number of carboxylic acid groups (broad SMARTS) is 3. The van der Waals surface area contributed by atoms with Gasteiger partial charge in [-0.1, -0.05) is 33.1 Å². The summed E-state index contributed by atoms with van der Waals surface area (Å²) >= 11 is 4.00. The molecule has 0 rings (SSSR count). The number of hydrogen-bond donors (Lipinski definition) is 4. The number of carbonyl (C=O) groups is 3. The SMILES string of the molecule is C=C(C)C(=O)O.C=C(C)C(=O)O.C=C(C)C(=O)O.CCCCS. The first kappa shape index (κ1) is 29.0.